The van der Waals surface area contributed by atoms with Crippen LogP contribution in [0.15, 0.2) is 24.3 Å². The van der Waals surface area contributed by atoms with Crippen molar-refractivity contribution in [2.75, 3.05) is 25.4 Å². The van der Waals surface area contributed by atoms with E-state index in [-0.39, 0.29) is 0 Å². The minimum absolute atomic E-state index is 0.797. The van der Waals surface area contributed by atoms with E-state index in [4.69, 9.17) is 5.73 Å². The zero-order chi connectivity index (χ0) is 12.3. The van der Waals surface area contributed by atoms with Crippen LogP contribution in [0.4, 0.5) is 5.69 Å². The Labute approximate surface area is 105 Å². The van der Waals surface area contributed by atoms with Gasteiger partial charge in [0.1, 0.15) is 0 Å². The highest BCUT2D eigenvalue weighted by Gasteiger charge is 2.37. The molecule has 1 aromatic carbocycles. The van der Waals surface area contributed by atoms with E-state index in [1.807, 2.05) is 12.1 Å². The maximum atomic E-state index is 5.71. The highest BCUT2D eigenvalue weighted by Crippen LogP contribution is 2.49. The number of hydrogen-bond donors (Lipinski definition) is 1. The summed E-state index contributed by atoms with van der Waals surface area (Å²) in [5, 5.41) is 0. The molecule has 0 bridgehead atoms. The summed E-state index contributed by atoms with van der Waals surface area (Å²) in [4.78, 5) is 2.51. The molecule has 0 saturated heterocycles. The summed E-state index contributed by atoms with van der Waals surface area (Å²) in [5.41, 5.74) is 8.05. The van der Waals surface area contributed by atoms with E-state index < -0.39 is 0 Å². The van der Waals surface area contributed by atoms with Crippen LogP contribution in [0.25, 0.3) is 0 Å². The quantitative estimate of drug-likeness (QED) is 0.764. The van der Waals surface area contributed by atoms with Gasteiger partial charge in [0.25, 0.3) is 0 Å². The number of hydrogen-bond acceptors (Lipinski definition) is 2. The number of anilines is 1. The maximum absolute atomic E-state index is 5.71. The molecule has 2 nitrogen and oxygen atoms in total. The molecule has 1 aliphatic carbocycles. The molecule has 0 radical (unpaired) electrons. The predicted octanol–water partition coefficient (Wildman–Crippen LogP) is 3.10. The van der Waals surface area contributed by atoms with Crippen LogP contribution in [-0.4, -0.2) is 24.5 Å². The molecule has 94 valence electrons. The second-order valence-electron chi connectivity index (χ2n) is 5.08. The Morgan fingerprint density at radius 1 is 1.18 bits per heavy atom. The highest BCUT2D eigenvalue weighted by atomic mass is 15.1. The summed E-state index contributed by atoms with van der Waals surface area (Å²) < 4.78 is 0. The molecule has 1 aliphatic rings. The van der Waals surface area contributed by atoms with Crippen molar-refractivity contribution in [3.63, 3.8) is 0 Å². The first-order chi connectivity index (χ1) is 8.24. The molecule has 1 saturated carbocycles. The van der Waals surface area contributed by atoms with Gasteiger partial charge in [0.05, 0.1) is 0 Å². The fourth-order valence-corrected chi connectivity index (χ4v) is 2.61. The van der Waals surface area contributed by atoms with Gasteiger partial charge in [0, 0.05) is 5.69 Å². The third-order valence-corrected chi connectivity index (χ3v) is 4.00. The van der Waals surface area contributed by atoms with Gasteiger partial charge in [-0.05, 0) is 62.0 Å². The van der Waals surface area contributed by atoms with Crippen molar-refractivity contribution >= 4 is 5.69 Å². The van der Waals surface area contributed by atoms with E-state index in [1.165, 1.54) is 38.0 Å². The number of rotatable bonds is 6. The molecule has 17 heavy (non-hydrogen) atoms. The highest BCUT2D eigenvalue weighted by molar-refractivity contribution is 5.41. The van der Waals surface area contributed by atoms with Crippen LogP contribution in [0.5, 0.6) is 0 Å². The first-order valence-electron chi connectivity index (χ1n) is 6.82. The van der Waals surface area contributed by atoms with Crippen molar-refractivity contribution in [2.24, 2.45) is 5.92 Å². The standard InChI is InChI=1S/C15H24N2/c1-3-17(4-2)10-9-13-11-15(13)12-5-7-14(16)8-6-12/h5-8,13,15H,3-4,9-11,16H2,1-2H3/t13?,15-/m0/s1. The molecule has 1 fully saturated rings. The molecule has 1 unspecified atom stereocenters. The zero-order valence-corrected chi connectivity index (χ0v) is 11.0. The number of nitrogens with two attached hydrogens (primary N) is 1. The first kappa shape index (κ1) is 12.4. The number of nitrogens with zero attached hydrogens (tertiary/aromatic N) is 1. The summed E-state index contributed by atoms with van der Waals surface area (Å²) in [6, 6.07) is 8.43. The minimum atomic E-state index is 0.797. The lowest BCUT2D eigenvalue weighted by atomic mass is 10.1. The van der Waals surface area contributed by atoms with Crippen LogP contribution < -0.4 is 5.73 Å². The molecule has 2 N–H and O–H groups in total. The first-order valence-corrected chi connectivity index (χ1v) is 6.82. The third kappa shape index (κ3) is 3.22. The van der Waals surface area contributed by atoms with Crippen molar-refractivity contribution in [2.45, 2.75) is 32.6 Å². The maximum Gasteiger partial charge on any atom is 0.0314 e. The lowest BCUT2D eigenvalue weighted by Crippen LogP contribution is -2.24. The van der Waals surface area contributed by atoms with Crippen molar-refractivity contribution in [3.8, 4) is 0 Å². The zero-order valence-electron chi connectivity index (χ0n) is 11.0. The van der Waals surface area contributed by atoms with Gasteiger partial charge >= 0.3 is 0 Å². The van der Waals surface area contributed by atoms with E-state index in [0.717, 1.165) is 17.5 Å². The molecule has 0 spiro atoms. The predicted molar refractivity (Wildman–Crippen MR) is 74.1 cm³/mol. The number of benzene rings is 1. The summed E-state index contributed by atoms with van der Waals surface area (Å²) >= 11 is 0. The molecule has 1 aromatic rings. The van der Waals surface area contributed by atoms with E-state index in [2.05, 4.69) is 30.9 Å². The molecular weight excluding hydrogens is 208 g/mol. The average Bonchev–Trinajstić information content (AvgIpc) is 3.11. The Bertz CT molecular complexity index is 340. The van der Waals surface area contributed by atoms with E-state index >= 15 is 0 Å². The Balaban J connectivity index is 1.78. The topological polar surface area (TPSA) is 29.3 Å². The number of nitrogen functional groups attached to an aromatic ring is 1. The van der Waals surface area contributed by atoms with Gasteiger partial charge in [-0.15, -0.1) is 0 Å². The van der Waals surface area contributed by atoms with E-state index in [9.17, 15) is 0 Å². The summed E-state index contributed by atoms with van der Waals surface area (Å²) in [7, 11) is 0. The molecule has 0 aromatic heterocycles. The normalized spacial score (nSPS) is 23.0. The largest absolute Gasteiger partial charge is 0.399 e. The second kappa shape index (κ2) is 5.54. The van der Waals surface area contributed by atoms with Crippen molar-refractivity contribution in [1.29, 1.82) is 0 Å². The third-order valence-electron chi connectivity index (χ3n) is 4.00. The van der Waals surface area contributed by atoms with Gasteiger partial charge in [-0.1, -0.05) is 26.0 Å². The van der Waals surface area contributed by atoms with Gasteiger partial charge in [0.2, 0.25) is 0 Å². The van der Waals surface area contributed by atoms with Crippen LogP contribution >= 0.6 is 0 Å². The molecule has 0 aliphatic heterocycles. The van der Waals surface area contributed by atoms with Crippen LogP contribution in [0.1, 0.15) is 38.2 Å². The van der Waals surface area contributed by atoms with Crippen LogP contribution in [-0.2, 0) is 0 Å². The molecular formula is C15H24N2. The Morgan fingerprint density at radius 3 is 2.41 bits per heavy atom. The van der Waals surface area contributed by atoms with Gasteiger partial charge in [-0.25, -0.2) is 0 Å². The summed E-state index contributed by atoms with van der Waals surface area (Å²) in [6.07, 6.45) is 2.71. The van der Waals surface area contributed by atoms with Crippen molar-refractivity contribution in [3.05, 3.63) is 29.8 Å². The van der Waals surface area contributed by atoms with Crippen molar-refractivity contribution in [1.82, 2.24) is 4.90 Å². The molecule has 2 heteroatoms. The summed E-state index contributed by atoms with van der Waals surface area (Å²) in [6.45, 7) is 8.09. The molecule has 2 rings (SSSR count). The van der Waals surface area contributed by atoms with Gasteiger partial charge in [-0.3, -0.25) is 0 Å². The monoisotopic (exact) mass is 232 g/mol. The van der Waals surface area contributed by atoms with Crippen LogP contribution in [0, 0.1) is 5.92 Å². The van der Waals surface area contributed by atoms with Crippen LogP contribution in [0.2, 0.25) is 0 Å². The van der Waals surface area contributed by atoms with Crippen LogP contribution in [0.3, 0.4) is 0 Å². The summed E-state index contributed by atoms with van der Waals surface area (Å²) in [5.74, 6) is 1.70. The Hall–Kier alpha value is -1.02. The van der Waals surface area contributed by atoms with Gasteiger partial charge in [0.15, 0.2) is 0 Å². The van der Waals surface area contributed by atoms with Gasteiger partial charge in [-0.2, -0.15) is 0 Å². The second-order valence-corrected chi connectivity index (χ2v) is 5.08. The Morgan fingerprint density at radius 2 is 1.82 bits per heavy atom. The lowest BCUT2D eigenvalue weighted by Gasteiger charge is -2.17. The smallest absolute Gasteiger partial charge is 0.0314 e. The Kier molecular flexibility index (Phi) is 4.06. The molecule has 2 atom stereocenters. The fourth-order valence-electron chi connectivity index (χ4n) is 2.61. The van der Waals surface area contributed by atoms with Crippen molar-refractivity contribution < 1.29 is 0 Å². The average molecular weight is 232 g/mol. The lowest BCUT2D eigenvalue weighted by molar-refractivity contribution is 0.293. The SMILES string of the molecule is CCN(CC)CCC1C[C@H]1c1ccc(N)cc1. The minimum Gasteiger partial charge on any atom is -0.399 e. The molecule has 0 heterocycles. The fraction of sp³-hybridized carbons (Fsp3) is 0.600. The molecule has 0 amide bonds. The van der Waals surface area contributed by atoms with E-state index in [1.54, 1.807) is 0 Å². The van der Waals surface area contributed by atoms with E-state index in [0.29, 0.717) is 0 Å². The van der Waals surface area contributed by atoms with Gasteiger partial charge < -0.3 is 10.6 Å².